The number of carbonyl (C=O) groups excluding carboxylic acids is 1. The molecule has 1 aliphatic rings. The molecule has 0 saturated carbocycles. The molecule has 1 heterocycles. The molecule has 0 aliphatic carbocycles. The summed E-state index contributed by atoms with van der Waals surface area (Å²) in [6.07, 6.45) is 1.67. The maximum absolute atomic E-state index is 13.0. The van der Waals surface area contributed by atoms with Gasteiger partial charge in [0.15, 0.2) is 0 Å². The van der Waals surface area contributed by atoms with Gasteiger partial charge in [-0.15, -0.1) is 0 Å². The van der Waals surface area contributed by atoms with Gasteiger partial charge in [-0.05, 0) is 50.6 Å². The number of nitrogens with zero attached hydrogens (tertiary/aromatic N) is 2. The first-order chi connectivity index (χ1) is 14.3. The third kappa shape index (κ3) is 5.60. The Morgan fingerprint density at radius 3 is 2.40 bits per heavy atom. The topological polar surface area (TPSA) is 69.7 Å². The largest absolute Gasteiger partial charge is 0.352 e. The lowest BCUT2D eigenvalue weighted by atomic mass is 10.1. The van der Waals surface area contributed by atoms with Crippen molar-refractivity contribution in [2.24, 2.45) is 0 Å². The second-order valence-corrected chi connectivity index (χ2v) is 10.0. The molecule has 1 fully saturated rings. The third-order valence-electron chi connectivity index (χ3n) is 5.32. The van der Waals surface area contributed by atoms with Crippen LogP contribution in [-0.4, -0.2) is 63.3 Å². The molecule has 0 spiro atoms. The van der Waals surface area contributed by atoms with Gasteiger partial charge in [-0.25, -0.2) is 8.42 Å². The van der Waals surface area contributed by atoms with Crippen LogP contribution in [0.1, 0.15) is 27.9 Å². The minimum Gasteiger partial charge on any atom is -0.352 e. The number of piperazine rings is 1. The van der Waals surface area contributed by atoms with Crippen molar-refractivity contribution < 1.29 is 13.2 Å². The van der Waals surface area contributed by atoms with Gasteiger partial charge in [0.05, 0.1) is 5.02 Å². The quantitative estimate of drug-likeness (QED) is 0.660. The van der Waals surface area contributed by atoms with Gasteiger partial charge < -0.3 is 10.2 Å². The van der Waals surface area contributed by atoms with Crippen LogP contribution in [0, 0.1) is 6.92 Å². The molecule has 3 rings (SSSR count). The molecule has 162 valence electrons. The van der Waals surface area contributed by atoms with Crippen LogP contribution in [-0.2, 0) is 16.4 Å². The van der Waals surface area contributed by atoms with Crippen molar-refractivity contribution in [1.82, 2.24) is 14.5 Å². The summed E-state index contributed by atoms with van der Waals surface area (Å²) >= 11 is 6.19. The van der Waals surface area contributed by atoms with Crippen LogP contribution in [0.15, 0.2) is 47.4 Å². The number of carbonyl (C=O) groups is 1. The van der Waals surface area contributed by atoms with E-state index in [4.69, 9.17) is 11.6 Å². The number of hydrogen-bond acceptors (Lipinski definition) is 4. The first kappa shape index (κ1) is 22.7. The highest BCUT2D eigenvalue weighted by atomic mass is 35.5. The highest BCUT2D eigenvalue weighted by Crippen LogP contribution is 2.26. The Morgan fingerprint density at radius 1 is 1.07 bits per heavy atom. The molecule has 0 unspecified atom stereocenters. The molecule has 8 heteroatoms. The Labute approximate surface area is 183 Å². The van der Waals surface area contributed by atoms with E-state index >= 15 is 0 Å². The third-order valence-corrected chi connectivity index (χ3v) is 7.70. The van der Waals surface area contributed by atoms with Gasteiger partial charge >= 0.3 is 0 Å². The zero-order valence-electron chi connectivity index (χ0n) is 17.4. The van der Waals surface area contributed by atoms with Gasteiger partial charge in [-0.2, -0.15) is 4.31 Å². The van der Waals surface area contributed by atoms with Crippen LogP contribution in [0.5, 0.6) is 0 Å². The average Bonchev–Trinajstić information content (AvgIpc) is 2.73. The van der Waals surface area contributed by atoms with E-state index in [9.17, 15) is 13.2 Å². The van der Waals surface area contributed by atoms with Crippen LogP contribution in [0.4, 0.5) is 0 Å². The number of aryl methyl sites for hydroxylation is 2. The number of sulfonamides is 1. The lowest BCUT2D eigenvalue weighted by Crippen LogP contribution is -2.47. The number of rotatable bonds is 7. The van der Waals surface area contributed by atoms with Crippen LogP contribution in [0.25, 0.3) is 0 Å². The molecule has 6 nitrogen and oxygen atoms in total. The minimum absolute atomic E-state index is 0.0129. The summed E-state index contributed by atoms with van der Waals surface area (Å²) < 4.78 is 27.5. The van der Waals surface area contributed by atoms with E-state index in [1.807, 2.05) is 14.0 Å². The molecular formula is C22H28ClN3O3S. The predicted octanol–water partition coefficient (Wildman–Crippen LogP) is 2.95. The van der Waals surface area contributed by atoms with Gasteiger partial charge in [0.2, 0.25) is 10.0 Å². The second-order valence-electron chi connectivity index (χ2n) is 7.70. The Morgan fingerprint density at radius 2 is 1.73 bits per heavy atom. The molecular weight excluding hydrogens is 422 g/mol. The summed E-state index contributed by atoms with van der Waals surface area (Å²) in [5.41, 5.74) is 2.74. The number of hydrogen-bond donors (Lipinski definition) is 1. The van der Waals surface area contributed by atoms with Crippen LogP contribution in [0.3, 0.4) is 0 Å². The van der Waals surface area contributed by atoms with E-state index in [1.165, 1.54) is 27.6 Å². The van der Waals surface area contributed by atoms with Crippen LogP contribution < -0.4 is 5.32 Å². The number of halogens is 1. The molecule has 0 atom stereocenters. The maximum Gasteiger partial charge on any atom is 0.251 e. The second kappa shape index (κ2) is 9.92. The molecule has 2 aromatic carbocycles. The smallest absolute Gasteiger partial charge is 0.251 e. The van der Waals surface area contributed by atoms with Gasteiger partial charge in [-0.3, -0.25) is 4.79 Å². The Kier molecular flexibility index (Phi) is 7.52. The minimum atomic E-state index is -3.74. The summed E-state index contributed by atoms with van der Waals surface area (Å²) in [5.74, 6) is -0.301. The molecule has 0 bridgehead atoms. The summed E-state index contributed by atoms with van der Waals surface area (Å²) in [6, 6.07) is 12.7. The van der Waals surface area contributed by atoms with Gasteiger partial charge in [0, 0.05) is 38.3 Å². The predicted molar refractivity (Wildman–Crippen MR) is 120 cm³/mol. The van der Waals surface area contributed by atoms with Crippen LogP contribution in [0.2, 0.25) is 5.02 Å². The standard InChI is InChI=1S/C22H28ClN3O3S/c1-17-5-7-18(8-6-17)4-3-11-24-22(27)19-9-10-20(23)21(16-19)30(28,29)26-14-12-25(2)13-15-26/h5-10,16H,3-4,11-15H2,1-2H3,(H,24,27). The van der Waals surface area contributed by atoms with E-state index in [0.717, 1.165) is 12.8 Å². The number of amides is 1. The van der Waals surface area contributed by atoms with E-state index in [0.29, 0.717) is 38.3 Å². The van der Waals surface area contributed by atoms with Crippen molar-refractivity contribution in [3.63, 3.8) is 0 Å². The van der Waals surface area contributed by atoms with Crippen molar-refractivity contribution >= 4 is 27.5 Å². The molecule has 0 radical (unpaired) electrons. The van der Waals surface area contributed by atoms with Crippen molar-refractivity contribution in [3.05, 3.63) is 64.2 Å². The fourth-order valence-electron chi connectivity index (χ4n) is 3.36. The Bertz CT molecular complexity index is 985. The zero-order chi connectivity index (χ0) is 21.7. The van der Waals surface area contributed by atoms with E-state index < -0.39 is 10.0 Å². The molecule has 1 saturated heterocycles. The Balaban J connectivity index is 1.62. The summed E-state index contributed by atoms with van der Waals surface area (Å²) in [5, 5.41) is 3.00. The fraction of sp³-hybridized carbons (Fsp3) is 0.409. The Hall–Kier alpha value is -1.93. The zero-order valence-corrected chi connectivity index (χ0v) is 19.0. The van der Waals surface area contributed by atoms with Crippen molar-refractivity contribution in [1.29, 1.82) is 0 Å². The first-order valence-electron chi connectivity index (χ1n) is 10.1. The highest BCUT2D eigenvalue weighted by molar-refractivity contribution is 7.89. The normalized spacial score (nSPS) is 15.8. The van der Waals surface area contributed by atoms with E-state index in [-0.39, 0.29) is 15.8 Å². The van der Waals surface area contributed by atoms with Crippen molar-refractivity contribution in [2.45, 2.75) is 24.7 Å². The average molecular weight is 450 g/mol. The summed E-state index contributed by atoms with van der Waals surface area (Å²) in [4.78, 5) is 14.6. The van der Waals surface area contributed by atoms with Crippen molar-refractivity contribution in [3.8, 4) is 0 Å². The number of benzene rings is 2. The number of likely N-dealkylation sites (N-methyl/N-ethyl adjacent to an activating group) is 1. The lowest BCUT2D eigenvalue weighted by molar-refractivity contribution is 0.0953. The molecule has 2 aromatic rings. The van der Waals surface area contributed by atoms with Gasteiger partial charge in [0.25, 0.3) is 5.91 Å². The number of nitrogens with one attached hydrogen (secondary N) is 1. The molecule has 1 aliphatic heterocycles. The molecule has 30 heavy (non-hydrogen) atoms. The SMILES string of the molecule is Cc1ccc(CCCNC(=O)c2ccc(Cl)c(S(=O)(=O)N3CCN(C)CC3)c2)cc1. The monoisotopic (exact) mass is 449 g/mol. The molecule has 0 aromatic heterocycles. The van der Waals surface area contributed by atoms with Crippen LogP contribution >= 0.6 is 11.6 Å². The molecule has 1 N–H and O–H groups in total. The molecule has 1 amide bonds. The van der Waals surface area contributed by atoms with Gasteiger partial charge in [-0.1, -0.05) is 41.4 Å². The fourth-order valence-corrected chi connectivity index (χ4v) is 5.28. The lowest BCUT2D eigenvalue weighted by Gasteiger charge is -2.31. The first-order valence-corrected chi connectivity index (χ1v) is 11.9. The summed E-state index contributed by atoms with van der Waals surface area (Å²) in [7, 11) is -1.78. The van der Waals surface area contributed by atoms with E-state index in [1.54, 1.807) is 6.07 Å². The summed E-state index contributed by atoms with van der Waals surface area (Å²) in [6.45, 7) is 4.70. The highest BCUT2D eigenvalue weighted by Gasteiger charge is 2.29. The maximum atomic E-state index is 13.0. The van der Waals surface area contributed by atoms with E-state index in [2.05, 4.69) is 34.5 Å². The van der Waals surface area contributed by atoms with Gasteiger partial charge in [0.1, 0.15) is 4.90 Å². The van der Waals surface area contributed by atoms with Crippen molar-refractivity contribution in [2.75, 3.05) is 39.8 Å².